The zero-order valence-electron chi connectivity index (χ0n) is 22.3. The van der Waals surface area contributed by atoms with Gasteiger partial charge < -0.3 is 20.5 Å². The van der Waals surface area contributed by atoms with Crippen molar-refractivity contribution in [1.29, 1.82) is 0 Å². The molecule has 0 aliphatic heterocycles. The average molecular weight is 485 g/mol. The van der Waals surface area contributed by atoms with Crippen LogP contribution < -0.4 is 10.6 Å². The van der Waals surface area contributed by atoms with Crippen LogP contribution in [0.2, 0.25) is 0 Å². The highest BCUT2D eigenvalue weighted by molar-refractivity contribution is 5.86. The van der Waals surface area contributed by atoms with E-state index in [1.807, 2.05) is 32.9 Å². The zero-order chi connectivity index (χ0) is 25.5. The molecule has 35 heavy (non-hydrogen) atoms. The number of aromatic hydroxyl groups is 1. The summed E-state index contributed by atoms with van der Waals surface area (Å²) in [5, 5.41) is 16.1. The fraction of sp³-hybridized carbons (Fsp3) is 0.724. The molecule has 194 valence electrons. The second-order valence-corrected chi connectivity index (χ2v) is 12.8. The molecular formula is C29H44N2O4. The first-order valence-corrected chi connectivity index (χ1v) is 13.5. The first-order chi connectivity index (χ1) is 16.4. The molecule has 1 aromatic rings. The van der Waals surface area contributed by atoms with Crippen molar-refractivity contribution < 1.29 is 19.4 Å². The summed E-state index contributed by atoms with van der Waals surface area (Å²) in [5.74, 6) is 2.29. The van der Waals surface area contributed by atoms with Crippen LogP contribution >= 0.6 is 0 Å². The maximum atomic E-state index is 13.4. The number of carbonyl (C=O) groups excluding carboxylic acids is 2. The minimum atomic E-state index is -0.606. The monoisotopic (exact) mass is 484 g/mol. The smallest absolute Gasteiger partial charge is 0.408 e. The molecule has 0 bridgehead atoms. The van der Waals surface area contributed by atoms with Crippen LogP contribution in [0.4, 0.5) is 4.79 Å². The van der Waals surface area contributed by atoms with Crippen LogP contribution in [0.15, 0.2) is 18.2 Å². The summed E-state index contributed by atoms with van der Waals surface area (Å²) in [5.41, 5.74) is 2.19. The van der Waals surface area contributed by atoms with Crippen LogP contribution in [-0.2, 0) is 16.0 Å². The number of alkyl carbamates (subject to hydrolysis) is 1. The average Bonchev–Trinajstić information content (AvgIpc) is 3.07. The van der Waals surface area contributed by atoms with Crippen LogP contribution in [0.1, 0.15) is 97.1 Å². The SMILES string of the molecule is CC(C)C[C@H](NC(=O)OC(C)(C)C)C(=O)N[C@H]1CC[C@H]2[C@@H]3CCc4cc(O)ccc4[C@H]3CC[C@]12C. The van der Waals surface area contributed by atoms with E-state index in [2.05, 4.69) is 37.5 Å². The number of hydrogen-bond donors (Lipinski definition) is 3. The number of amides is 2. The van der Waals surface area contributed by atoms with E-state index in [-0.39, 0.29) is 23.3 Å². The Balaban J connectivity index is 1.45. The minimum Gasteiger partial charge on any atom is -0.508 e. The normalized spacial score (nSPS) is 30.6. The second kappa shape index (κ2) is 9.67. The predicted octanol–water partition coefficient (Wildman–Crippen LogP) is 5.67. The summed E-state index contributed by atoms with van der Waals surface area (Å²) in [6.07, 6.45) is 6.52. The maximum absolute atomic E-state index is 13.4. The van der Waals surface area contributed by atoms with Crippen molar-refractivity contribution in [3.05, 3.63) is 29.3 Å². The number of ether oxygens (including phenoxy) is 1. The van der Waals surface area contributed by atoms with Crippen LogP contribution in [-0.4, -0.2) is 34.8 Å². The standard InChI is InChI=1S/C29H44N2O4/c1-17(2)15-24(30-27(34)35-28(3,4)5)26(33)31-25-12-11-23-22-9-7-18-16-19(32)8-10-20(18)21(22)13-14-29(23,25)6/h8,10,16-17,21-25,32H,7,9,11-15H2,1-6H3,(H,30,34)(H,31,33)/t21-,22-,23+,24+,25+,29+/m1/s1. The van der Waals surface area contributed by atoms with E-state index in [0.29, 0.717) is 29.9 Å². The summed E-state index contributed by atoms with van der Waals surface area (Å²) in [7, 11) is 0. The van der Waals surface area contributed by atoms with Crippen molar-refractivity contribution in [2.24, 2.45) is 23.2 Å². The quantitative estimate of drug-likeness (QED) is 0.502. The third-order valence-electron chi connectivity index (χ3n) is 8.74. The number of benzene rings is 1. The number of fused-ring (bicyclic) bond motifs is 5. The Morgan fingerprint density at radius 1 is 1.17 bits per heavy atom. The molecule has 0 aromatic heterocycles. The summed E-state index contributed by atoms with van der Waals surface area (Å²) in [4.78, 5) is 25.9. The molecule has 6 nitrogen and oxygen atoms in total. The van der Waals surface area contributed by atoms with E-state index in [4.69, 9.17) is 4.74 Å². The van der Waals surface area contributed by atoms with E-state index >= 15 is 0 Å². The van der Waals surface area contributed by atoms with Gasteiger partial charge in [0.25, 0.3) is 0 Å². The van der Waals surface area contributed by atoms with Gasteiger partial charge in [-0.25, -0.2) is 4.79 Å². The highest BCUT2D eigenvalue weighted by Gasteiger charge is 2.55. The largest absolute Gasteiger partial charge is 0.508 e. The van der Waals surface area contributed by atoms with Gasteiger partial charge in [0, 0.05) is 6.04 Å². The van der Waals surface area contributed by atoms with E-state index in [1.54, 1.807) is 0 Å². The molecular weight excluding hydrogens is 440 g/mol. The molecule has 2 fully saturated rings. The molecule has 3 N–H and O–H groups in total. The lowest BCUT2D eigenvalue weighted by atomic mass is 9.55. The van der Waals surface area contributed by atoms with Crippen LogP contribution in [0.25, 0.3) is 0 Å². The van der Waals surface area contributed by atoms with Gasteiger partial charge in [0.15, 0.2) is 0 Å². The zero-order valence-corrected chi connectivity index (χ0v) is 22.3. The Bertz CT molecular complexity index is 952. The van der Waals surface area contributed by atoms with Crippen molar-refractivity contribution in [1.82, 2.24) is 10.6 Å². The van der Waals surface area contributed by atoms with Gasteiger partial charge in [-0.05, 0) is 118 Å². The Morgan fingerprint density at radius 2 is 1.91 bits per heavy atom. The molecule has 4 rings (SSSR count). The molecule has 6 atom stereocenters. The molecule has 6 heteroatoms. The molecule has 3 aliphatic rings. The van der Waals surface area contributed by atoms with Gasteiger partial charge in [0.05, 0.1) is 0 Å². The molecule has 2 saturated carbocycles. The van der Waals surface area contributed by atoms with Crippen molar-refractivity contribution in [3.63, 3.8) is 0 Å². The second-order valence-electron chi connectivity index (χ2n) is 12.8. The molecule has 0 unspecified atom stereocenters. The fourth-order valence-electron chi connectivity index (χ4n) is 7.23. The molecule has 1 aromatic carbocycles. The van der Waals surface area contributed by atoms with Gasteiger partial charge in [0.2, 0.25) is 5.91 Å². The molecule has 0 saturated heterocycles. The molecule has 3 aliphatic carbocycles. The molecule has 2 amide bonds. The number of carbonyl (C=O) groups is 2. The van der Waals surface area contributed by atoms with E-state index < -0.39 is 17.7 Å². The molecule has 0 heterocycles. The lowest BCUT2D eigenvalue weighted by molar-refractivity contribution is -0.125. The van der Waals surface area contributed by atoms with E-state index in [9.17, 15) is 14.7 Å². The lowest BCUT2D eigenvalue weighted by Gasteiger charge is -2.51. The van der Waals surface area contributed by atoms with E-state index in [1.165, 1.54) is 11.1 Å². The fourth-order valence-corrected chi connectivity index (χ4v) is 7.23. The number of phenolic OH excluding ortho intramolecular Hbond substituents is 1. The van der Waals surface area contributed by atoms with Gasteiger partial charge in [-0.2, -0.15) is 0 Å². The Kier molecular flexibility index (Phi) is 7.14. The number of hydrogen-bond acceptors (Lipinski definition) is 4. The van der Waals surface area contributed by atoms with E-state index in [0.717, 1.165) is 38.5 Å². The Hall–Kier alpha value is -2.24. The number of rotatable bonds is 5. The van der Waals surface area contributed by atoms with Crippen LogP contribution in [0, 0.1) is 23.2 Å². The molecule has 0 spiro atoms. The maximum Gasteiger partial charge on any atom is 0.408 e. The highest BCUT2D eigenvalue weighted by atomic mass is 16.6. The van der Waals surface area contributed by atoms with Gasteiger partial charge in [-0.3, -0.25) is 4.79 Å². The first-order valence-electron chi connectivity index (χ1n) is 13.5. The van der Waals surface area contributed by atoms with Gasteiger partial charge in [0.1, 0.15) is 17.4 Å². The highest BCUT2D eigenvalue weighted by Crippen LogP contribution is 2.61. The summed E-state index contributed by atoms with van der Waals surface area (Å²) in [6, 6.07) is 5.44. The van der Waals surface area contributed by atoms with Crippen molar-refractivity contribution in [3.8, 4) is 5.75 Å². The van der Waals surface area contributed by atoms with Crippen LogP contribution in [0.5, 0.6) is 5.75 Å². The lowest BCUT2D eigenvalue weighted by Crippen LogP contribution is -2.55. The number of aryl methyl sites for hydroxylation is 1. The van der Waals surface area contributed by atoms with Gasteiger partial charge in [-0.1, -0.05) is 26.8 Å². The van der Waals surface area contributed by atoms with Crippen molar-refractivity contribution in [2.75, 3.05) is 0 Å². The summed E-state index contributed by atoms with van der Waals surface area (Å²) in [6.45, 7) is 12.0. The first kappa shape index (κ1) is 25.8. The van der Waals surface area contributed by atoms with Gasteiger partial charge in [-0.15, -0.1) is 0 Å². The van der Waals surface area contributed by atoms with Crippen LogP contribution in [0.3, 0.4) is 0 Å². The van der Waals surface area contributed by atoms with Gasteiger partial charge >= 0.3 is 6.09 Å². The summed E-state index contributed by atoms with van der Waals surface area (Å²) < 4.78 is 5.43. The summed E-state index contributed by atoms with van der Waals surface area (Å²) >= 11 is 0. The molecule has 0 radical (unpaired) electrons. The predicted molar refractivity (Wildman–Crippen MR) is 137 cm³/mol. The van der Waals surface area contributed by atoms with Crippen molar-refractivity contribution >= 4 is 12.0 Å². The number of nitrogens with one attached hydrogen (secondary N) is 2. The Morgan fingerprint density at radius 3 is 2.60 bits per heavy atom. The third kappa shape index (κ3) is 5.46. The van der Waals surface area contributed by atoms with Crippen molar-refractivity contribution in [2.45, 2.75) is 110 Å². The minimum absolute atomic E-state index is 0.0690. The topological polar surface area (TPSA) is 87.7 Å². The number of phenols is 1. The third-order valence-corrected chi connectivity index (χ3v) is 8.74. The Labute approximate surface area is 210 Å².